The minimum absolute atomic E-state index is 0.271. The molecule has 3 N–H and O–H groups in total. The molecule has 1 aliphatic carbocycles. The molecule has 4 rings (SSSR count). The lowest BCUT2D eigenvalue weighted by atomic mass is 9.96. The van der Waals surface area contributed by atoms with E-state index in [9.17, 15) is 4.79 Å². The largest absolute Gasteiger partial charge is 0.496 e. The second-order valence-electron chi connectivity index (χ2n) is 9.94. The third-order valence-electron chi connectivity index (χ3n) is 7.02. The fourth-order valence-electron chi connectivity index (χ4n) is 4.95. The van der Waals surface area contributed by atoms with E-state index in [1.54, 1.807) is 31.4 Å². The second-order valence-corrected chi connectivity index (χ2v) is 11.2. The highest BCUT2D eigenvalue weighted by Crippen LogP contribution is 2.32. The van der Waals surface area contributed by atoms with Gasteiger partial charge in [-0.2, -0.15) is 0 Å². The number of guanidine groups is 1. The van der Waals surface area contributed by atoms with E-state index in [1.165, 1.54) is 19.3 Å². The molecule has 1 atom stereocenters. The van der Waals surface area contributed by atoms with Gasteiger partial charge in [0.2, 0.25) is 0 Å². The molecule has 1 saturated carbocycles. The van der Waals surface area contributed by atoms with Crippen LogP contribution in [0.5, 0.6) is 5.75 Å². The zero-order valence-electron chi connectivity index (χ0n) is 22.0. The van der Waals surface area contributed by atoms with Crippen molar-refractivity contribution in [1.29, 1.82) is 0 Å². The van der Waals surface area contributed by atoms with Gasteiger partial charge in [0.25, 0.3) is 5.91 Å². The van der Waals surface area contributed by atoms with Crippen molar-refractivity contribution in [2.45, 2.75) is 57.5 Å². The number of rotatable bonds is 7. The lowest BCUT2D eigenvalue weighted by Crippen LogP contribution is -2.53. The molecule has 0 unspecified atom stereocenters. The third kappa shape index (κ3) is 7.69. The van der Waals surface area contributed by atoms with Crippen LogP contribution in [0.4, 0.5) is 5.69 Å². The van der Waals surface area contributed by atoms with Gasteiger partial charge in [-0.05, 0) is 49.9 Å². The van der Waals surface area contributed by atoms with Crippen molar-refractivity contribution in [1.82, 2.24) is 15.5 Å². The van der Waals surface area contributed by atoms with Crippen LogP contribution in [0.15, 0.2) is 35.3 Å². The predicted molar refractivity (Wildman–Crippen MR) is 157 cm³/mol. The van der Waals surface area contributed by atoms with E-state index in [0.29, 0.717) is 57.1 Å². The average Bonchev–Trinajstić information content (AvgIpc) is 2.91. The Kier molecular flexibility index (Phi) is 10.4. The number of nitrogens with zero attached hydrogens (tertiary/aromatic N) is 2. The molecule has 0 radical (unpaired) electrons. The van der Waals surface area contributed by atoms with Gasteiger partial charge in [-0.1, -0.05) is 60.1 Å². The number of benzene rings is 2. The van der Waals surface area contributed by atoms with Gasteiger partial charge in [0, 0.05) is 48.3 Å². The summed E-state index contributed by atoms with van der Waals surface area (Å²) in [7, 11) is 1.55. The highest BCUT2D eigenvalue weighted by atomic mass is 35.5. The summed E-state index contributed by atoms with van der Waals surface area (Å²) in [6.07, 6.45) is 6.47. The Morgan fingerprint density at radius 1 is 1.13 bits per heavy atom. The van der Waals surface area contributed by atoms with Gasteiger partial charge >= 0.3 is 0 Å². The summed E-state index contributed by atoms with van der Waals surface area (Å²) in [5.41, 5.74) is 1.94. The van der Waals surface area contributed by atoms with E-state index in [2.05, 4.69) is 27.8 Å². The molecule has 0 spiro atoms. The molecule has 2 fully saturated rings. The number of nitrogens with one attached hydrogen (secondary N) is 3. The van der Waals surface area contributed by atoms with E-state index in [-0.39, 0.29) is 5.91 Å². The maximum atomic E-state index is 13.0. The molecule has 38 heavy (non-hydrogen) atoms. The lowest BCUT2D eigenvalue weighted by Gasteiger charge is -2.35. The van der Waals surface area contributed by atoms with E-state index in [4.69, 9.17) is 44.5 Å². The number of piperazine rings is 1. The van der Waals surface area contributed by atoms with E-state index in [1.807, 2.05) is 6.07 Å². The first kappa shape index (κ1) is 28.8. The van der Waals surface area contributed by atoms with Crippen LogP contribution < -0.4 is 20.7 Å². The molecule has 1 amide bonds. The van der Waals surface area contributed by atoms with Crippen LogP contribution in [0.3, 0.4) is 0 Å². The third-order valence-corrected chi connectivity index (χ3v) is 7.92. The van der Waals surface area contributed by atoms with Gasteiger partial charge in [-0.3, -0.25) is 4.79 Å². The van der Waals surface area contributed by atoms with Gasteiger partial charge in [-0.15, -0.1) is 0 Å². The molecule has 2 aromatic rings. The minimum atomic E-state index is -0.271. The molecule has 10 heteroatoms. The molecule has 2 aliphatic rings. The van der Waals surface area contributed by atoms with Gasteiger partial charge in [-0.25, -0.2) is 4.99 Å². The normalized spacial score (nSPS) is 18.8. The summed E-state index contributed by atoms with van der Waals surface area (Å²) in [4.78, 5) is 20.4. The molecule has 7 nitrogen and oxygen atoms in total. The van der Waals surface area contributed by atoms with Crippen molar-refractivity contribution in [3.8, 4) is 5.75 Å². The molecular formula is C28H36Cl3N5O2. The zero-order valence-corrected chi connectivity index (χ0v) is 24.2. The van der Waals surface area contributed by atoms with Crippen molar-refractivity contribution < 1.29 is 9.53 Å². The number of hydrogen-bond donors (Lipinski definition) is 3. The van der Waals surface area contributed by atoms with Crippen LogP contribution >= 0.6 is 34.8 Å². The van der Waals surface area contributed by atoms with Crippen LogP contribution in [0.2, 0.25) is 15.1 Å². The van der Waals surface area contributed by atoms with E-state index < -0.39 is 0 Å². The number of amides is 1. The number of aliphatic imine (C=N–C) groups is 1. The number of carbonyl (C=O) groups is 1. The fraction of sp³-hybridized carbons (Fsp3) is 0.500. The first-order valence-electron chi connectivity index (χ1n) is 13.3. The van der Waals surface area contributed by atoms with Crippen molar-refractivity contribution in [2.75, 3.05) is 38.6 Å². The molecule has 1 saturated heterocycles. The van der Waals surface area contributed by atoms with E-state index in [0.717, 1.165) is 44.0 Å². The maximum absolute atomic E-state index is 13.0. The van der Waals surface area contributed by atoms with E-state index >= 15 is 0 Å². The Hall–Kier alpha value is -2.19. The molecule has 0 aromatic heterocycles. The van der Waals surface area contributed by atoms with Crippen LogP contribution in [0.1, 0.15) is 54.9 Å². The lowest BCUT2D eigenvalue weighted by molar-refractivity contribution is 0.0951. The standard InChI is InChI=1S/C28H36Cl3N5O2/c1-18-17-36(13-12-32-18)28(34-21-6-4-3-5-7-21)35-25-16-26(38-2)22(15-24(25)31)27(37)33-11-10-19-8-9-20(29)14-23(19)30/h8-9,14-16,18,21,32H,3-7,10-13,17H2,1-2H3,(H,33,37)(H,34,35)/t18-/m0/s1. The smallest absolute Gasteiger partial charge is 0.255 e. The molecular weight excluding hydrogens is 545 g/mol. The highest BCUT2D eigenvalue weighted by molar-refractivity contribution is 6.35. The first-order valence-corrected chi connectivity index (χ1v) is 14.4. The number of ether oxygens (including phenoxy) is 1. The van der Waals surface area contributed by atoms with Gasteiger partial charge < -0.3 is 25.6 Å². The monoisotopic (exact) mass is 579 g/mol. The minimum Gasteiger partial charge on any atom is -0.496 e. The topological polar surface area (TPSA) is 78.0 Å². The number of carbonyl (C=O) groups excluding carboxylic acids is 1. The second kappa shape index (κ2) is 13.7. The summed E-state index contributed by atoms with van der Waals surface area (Å²) in [6.45, 7) is 5.18. The summed E-state index contributed by atoms with van der Waals surface area (Å²) < 4.78 is 5.59. The Morgan fingerprint density at radius 2 is 1.92 bits per heavy atom. The van der Waals surface area contributed by atoms with Crippen LogP contribution in [-0.4, -0.2) is 62.1 Å². The summed E-state index contributed by atoms with van der Waals surface area (Å²) in [5, 5.41) is 11.5. The molecule has 2 aromatic carbocycles. The van der Waals surface area contributed by atoms with Gasteiger partial charge in [0.1, 0.15) is 5.75 Å². The van der Waals surface area contributed by atoms with Gasteiger partial charge in [0.05, 0.1) is 29.4 Å². The predicted octanol–water partition coefficient (Wildman–Crippen LogP) is 6.02. The molecule has 0 bridgehead atoms. The summed E-state index contributed by atoms with van der Waals surface area (Å²) in [6, 6.07) is 9.42. The molecule has 1 aliphatic heterocycles. The van der Waals surface area contributed by atoms with Crippen LogP contribution in [0, 0.1) is 0 Å². The van der Waals surface area contributed by atoms with Crippen molar-refractivity contribution in [3.63, 3.8) is 0 Å². The number of halogens is 3. The van der Waals surface area contributed by atoms with Crippen molar-refractivity contribution in [2.24, 2.45) is 4.99 Å². The zero-order chi connectivity index (χ0) is 27.1. The van der Waals surface area contributed by atoms with Gasteiger partial charge in [0.15, 0.2) is 5.96 Å². The highest BCUT2D eigenvalue weighted by Gasteiger charge is 2.23. The fourth-order valence-corrected chi connectivity index (χ4v) is 5.66. The Morgan fingerprint density at radius 3 is 2.63 bits per heavy atom. The van der Waals surface area contributed by atoms with Crippen LogP contribution in [-0.2, 0) is 6.42 Å². The van der Waals surface area contributed by atoms with Crippen molar-refractivity contribution >= 4 is 52.4 Å². The Labute approximate surface area is 240 Å². The molecule has 206 valence electrons. The van der Waals surface area contributed by atoms with Crippen LogP contribution in [0.25, 0.3) is 0 Å². The van der Waals surface area contributed by atoms with Crippen molar-refractivity contribution in [3.05, 3.63) is 56.5 Å². The Balaban J connectivity index is 1.49. The SMILES string of the molecule is COc1cc(NC(=NC2CCCCC2)N2CCN[C@@H](C)C2)c(Cl)cc1C(=O)NCCc1ccc(Cl)cc1Cl. The Bertz CT molecular complexity index is 1150. The number of methoxy groups -OCH3 is 1. The number of hydrogen-bond acceptors (Lipinski definition) is 4. The summed E-state index contributed by atoms with van der Waals surface area (Å²) >= 11 is 18.9. The maximum Gasteiger partial charge on any atom is 0.255 e. The number of anilines is 1. The molecule has 1 heterocycles. The summed E-state index contributed by atoms with van der Waals surface area (Å²) in [5.74, 6) is 0.989. The quantitative estimate of drug-likeness (QED) is 0.276. The first-order chi connectivity index (χ1) is 18.3. The average molecular weight is 581 g/mol.